The molecule has 1 aliphatic heterocycles. The van der Waals surface area contributed by atoms with E-state index in [1.54, 1.807) is 23.0 Å². The minimum absolute atomic E-state index is 0.112. The summed E-state index contributed by atoms with van der Waals surface area (Å²) in [4.78, 5) is 12.9. The lowest BCUT2D eigenvalue weighted by Crippen LogP contribution is -2.35. The molecule has 1 N–H and O–H groups in total. The second-order valence-corrected chi connectivity index (χ2v) is 10.00. The summed E-state index contributed by atoms with van der Waals surface area (Å²) >= 11 is 0. The molecule has 0 atom stereocenters. The standard InChI is InChI=1S/C26H24N4O3S/c31-26(27-19-20-11-13-23(14-12-20)29-16-5-15-28-29)22-7-3-9-24(18-22)34(32,33)30-17-4-8-21-6-1-2-10-25(21)30/h1-3,5-7,9-16,18H,4,8,17,19H2,(H,27,31). The van der Waals surface area contributed by atoms with Crippen LogP contribution >= 0.6 is 0 Å². The van der Waals surface area contributed by atoms with Crippen LogP contribution in [0.5, 0.6) is 0 Å². The van der Waals surface area contributed by atoms with E-state index >= 15 is 0 Å². The number of carbonyl (C=O) groups is 1. The van der Waals surface area contributed by atoms with Crippen molar-refractivity contribution in [2.75, 3.05) is 10.8 Å². The fraction of sp³-hybridized carbons (Fsp3) is 0.154. The molecule has 2 heterocycles. The topological polar surface area (TPSA) is 84.3 Å². The van der Waals surface area contributed by atoms with Gasteiger partial charge in [0.25, 0.3) is 15.9 Å². The van der Waals surface area contributed by atoms with Gasteiger partial charge in [0.15, 0.2) is 0 Å². The minimum atomic E-state index is -3.78. The molecule has 5 rings (SSSR count). The van der Waals surface area contributed by atoms with Gasteiger partial charge in [-0.1, -0.05) is 36.4 Å². The zero-order valence-electron chi connectivity index (χ0n) is 18.5. The summed E-state index contributed by atoms with van der Waals surface area (Å²) in [7, 11) is -3.78. The van der Waals surface area contributed by atoms with Gasteiger partial charge < -0.3 is 5.32 Å². The molecule has 0 aliphatic carbocycles. The summed E-state index contributed by atoms with van der Waals surface area (Å²) in [5.41, 5.74) is 3.89. The Morgan fingerprint density at radius 1 is 0.971 bits per heavy atom. The molecule has 4 aromatic rings. The van der Waals surface area contributed by atoms with Crippen LogP contribution in [0, 0.1) is 0 Å². The Bertz CT molecular complexity index is 1410. The highest BCUT2D eigenvalue weighted by Crippen LogP contribution is 2.31. The largest absolute Gasteiger partial charge is 0.348 e. The number of hydrogen-bond acceptors (Lipinski definition) is 4. The zero-order valence-corrected chi connectivity index (χ0v) is 19.3. The second kappa shape index (κ2) is 9.15. The number of para-hydroxylation sites is 1. The molecule has 0 bridgehead atoms. The highest BCUT2D eigenvalue weighted by atomic mass is 32.2. The van der Waals surface area contributed by atoms with Crippen LogP contribution in [0.4, 0.5) is 5.69 Å². The van der Waals surface area contributed by atoms with Crippen molar-refractivity contribution in [1.29, 1.82) is 0 Å². The van der Waals surface area contributed by atoms with Crippen LogP contribution in [0.25, 0.3) is 5.69 Å². The van der Waals surface area contributed by atoms with E-state index in [-0.39, 0.29) is 10.8 Å². The van der Waals surface area contributed by atoms with E-state index < -0.39 is 10.0 Å². The van der Waals surface area contributed by atoms with Crippen LogP contribution in [0.15, 0.2) is 96.2 Å². The van der Waals surface area contributed by atoms with E-state index in [4.69, 9.17) is 0 Å². The number of aryl methyl sites for hydroxylation is 1. The fourth-order valence-electron chi connectivity index (χ4n) is 4.15. The molecule has 0 radical (unpaired) electrons. The molecule has 0 saturated carbocycles. The average Bonchev–Trinajstić information content (AvgIpc) is 3.42. The monoisotopic (exact) mass is 472 g/mol. The summed E-state index contributed by atoms with van der Waals surface area (Å²) in [6, 6.07) is 23.3. The molecule has 1 aromatic heterocycles. The maximum atomic E-state index is 13.4. The van der Waals surface area contributed by atoms with Crippen LogP contribution < -0.4 is 9.62 Å². The van der Waals surface area contributed by atoms with Crippen LogP contribution in [0.2, 0.25) is 0 Å². The van der Waals surface area contributed by atoms with Crippen molar-refractivity contribution in [2.45, 2.75) is 24.3 Å². The number of nitrogens with one attached hydrogen (secondary N) is 1. The smallest absolute Gasteiger partial charge is 0.264 e. The summed E-state index contributed by atoms with van der Waals surface area (Å²) in [6.07, 6.45) is 5.19. The van der Waals surface area contributed by atoms with E-state index in [1.165, 1.54) is 16.4 Å². The number of amides is 1. The van der Waals surface area contributed by atoms with Crippen molar-refractivity contribution >= 4 is 21.6 Å². The number of benzene rings is 3. The Morgan fingerprint density at radius 2 is 1.79 bits per heavy atom. The summed E-state index contributed by atoms with van der Waals surface area (Å²) < 4.78 is 30.0. The number of nitrogens with zero attached hydrogens (tertiary/aromatic N) is 3. The van der Waals surface area contributed by atoms with Gasteiger partial charge >= 0.3 is 0 Å². The lowest BCUT2D eigenvalue weighted by Gasteiger charge is -2.30. The molecule has 3 aromatic carbocycles. The number of sulfonamides is 1. The molecule has 172 valence electrons. The Balaban J connectivity index is 1.31. The van der Waals surface area contributed by atoms with E-state index in [9.17, 15) is 13.2 Å². The maximum absolute atomic E-state index is 13.4. The molecular formula is C26H24N4O3S. The maximum Gasteiger partial charge on any atom is 0.264 e. The molecule has 7 nitrogen and oxygen atoms in total. The number of hydrogen-bond donors (Lipinski definition) is 1. The highest BCUT2D eigenvalue weighted by molar-refractivity contribution is 7.92. The first-order valence-corrected chi connectivity index (χ1v) is 12.5. The molecular weight excluding hydrogens is 448 g/mol. The Hall–Kier alpha value is -3.91. The lowest BCUT2D eigenvalue weighted by atomic mass is 10.0. The lowest BCUT2D eigenvalue weighted by molar-refractivity contribution is 0.0950. The molecule has 0 spiro atoms. The first kappa shape index (κ1) is 21.9. The van der Waals surface area contributed by atoms with E-state index in [0.717, 1.165) is 29.7 Å². The third-order valence-corrected chi connectivity index (χ3v) is 7.72. The van der Waals surface area contributed by atoms with Gasteiger partial charge in [-0.15, -0.1) is 0 Å². The first-order chi connectivity index (χ1) is 16.5. The first-order valence-electron chi connectivity index (χ1n) is 11.1. The molecule has 0 unspecified atom stereocenters. The average molecular weight is 473 g/mol. The number of rotatable bonds is 6. The van der Waals surface area contributed by atoms with Gasteiger partial charge in [0, 0.05) is 31.0 Å². The predicted molar refractivity (Wildman–Crippen MR) is 130 cm³/mol. The fourth-order valence-corrected chi connectivity index (χ4v) is 5.73. The van der Waals surface area contributed by atoms with Crippen LogP contribution in [-0.4, -0.2) is 30.7 Å². The van der Waals surface area contributed by atoms with Crippen molar-refractivity contribution in [2.24, 2.45) is 0 Å². The third-order valence-electron chi connectivity index (χ3n) is 5.91. The molecule has 34 heavy (non-hydrogen) atoms. The van der Waals surface area contributed by atoms with Crippen molar-refractivity contribution in [3.8, 4) is 5.69 Å². The van der Waals surface area contributed by atoms with Gasteiger partial charge in [-0.3, -0.25) is 9.10 Å². The van der Waals surface area contributed by atoms with Crippen molar-refractivity contribution in [3.05, 3.63) is 108 Å². The van der Waals surface area contributed by atoms with Gasteiger partial charge in [0.05, 0.1) is 16.3 Å². The molecule has 0 saturated heterocycles. The molecule has 8 heteroatoms. The zero-order chi connectivity index (χ0) is 23.5. The van der Waals surface area contributed by atoms with Crippen molar-refractivity contribution in [1.82, 2.24) is 15.1 Å². The highest BCUT2D eigenvalue weighted by Gasteiger charge is 2.29. The van der Waals surface area contributed by atoms with Crippen LogP contribution in [0.1, 0.15) is 27.9 Å². The number of carbonyl (C=O) groups excluding carboxylic acids is 1. The summed E-state index contributed by atoms with van der Waals surface area (Å²) in [6.45, 7) is 0.749. The van der Waals surface area contributed by atoms with Crippen molar-refractivity contribution in [3.63, 3.8) is 0 Å². The normalized spacial score (nSPS) is 13.4. The van der Waals surface area contributed by atoms with Gasteiger partial charge in [-0.2, -0.15) is 5.10 Å². The molecule has 0 fully saturated rings. The van der Waals surface area contributed by atoms with Crippen LogP contribution in [0.3, 0.4) is 0 Å². The quantitative estimate of drug-likeness (QED) is 0.461. The van der Waals surface area contributed by atoms with Gasteiger partial charge in [-0.25, -0.2) is 13.1 Å². The number of aromatic nitrogens is 2. The third kappa shape index (κ3) is 4.32. The van der Waals surface area contributed by atoms with Crippen molar-refractivity contribution < 1.29 is 13.2 Å². The van der Waals surface area contributed by atoms with E-state index in [0.29, 0.717) is 24.3 Å². The SMILES string of the molecule is O=C(NCc1ccc(-n2cccn2)cc1)c1cccc(S(=O)(=O)N2CCCc3ccccc32)c1. The van der Waals surface area contributed by atoms with Gasteiger partial charge in [0.1, 0.15) is 0 Å². The molecule has 1 aliphatic rings. The Labute approximate surface area is 198 Å². The second-order valence-electron chi connectivity index (χ2n) is 8.14. The molecule has 1 amide bonds. The van der Waals surface area contributed by atoms with Gasteiger partial charge in [0.2, 0.25) is 0 Å². The van der Waals surface area contributed by atoms with Crippen LogP contribution in [-0.2, 0) is 23.0 Å². The summed E-state index contributed by atoms with van der Waals surface area (Å²) in [5.74, 6) is -0.327. The Morgan fingerprint density at radius 3 is 2.59 bits per heavy atom. The van der Waals surface area contributed by atoms with Gasteiger partial charge in [-0.05, 0) is 66.4 Å². The predicted octanol–water partition coefficient (Wildman–Crippen LogP) is 3.94. The van der Waals surface area contributed by atoms with E-state index in [1.807, 2.05) is 60.8 Å². The minimum Gasteiger partial charge on any atom is -0.348 e. The number of fused-ring (bicyclic) bond motifs is 1. The number of anilines is 1. The Kier molecular flexibility index (Phi) is 5.90. The summed E-state index contributed by atoms with van der Waals surface area (Å²) in [5, 5.41) is 7.07. The van der Waals surface area contributed by atoms with E-state index in [2.05, 4.69) is 10.4 Å².